The zero-order chi connectivity index (χ0) is 15.6. The molecule has 0 aliphatic heterocycles. The minimum Gasteiger partial charge on any atom is -0.387 e. The number of anilines is 1. The van der Waals surface area contributed by atoms with Crippen LogP contribution in [0.25, 0.3) is 10.9 Å². The molecule has 4 nitrogen and oxygen atoms in total. The molecule has 114 valence electrons. The third kappa shape index (κ3) is 2.65. The molecule has 1 aliphatic carbocycles. The molecule has 2 unspecified atom stereocenters. The van der Waals surface area contributed by atoms with Crippen LogP contribution in [0.3, 0.4) is 0 Å². The summed E-state index contributed by atoms with van der Waals surface area (Å²) in [4.78, 5) is 4.31. The first-order chi connectivity index (χ1) is 10.7. The SMILES string of the molecule is CCSC1CCC1(O)CNc1c(C#N)cnc2ccccc12. The van der Waals surface area contributed by atoms with Gasteiger partial charge in [-0.25, -0.2) is 0 Å². The maximum atomic E-state index is 10.7. The third-order valence-corrected chi connectivity index (χ3v) is 5.68. The van der Waals surface area contributed by atoms with Gasteiger partial charge in [-0.2, -0.15) is 17.0 Å². The van der Waals surface area contributed by atoms with Crippen LogP contribution in [0, 0.1) is 11.3 Å². The van der Waals surface area contributed by atoms with Gasteiger partial charge in [-0.3, -0.25) is 4.98 Å². The fraction of sp³-hybridized carbons (Fsp3) is 0.412. The van der Waals surface area contributed by atoms with E-state index in [1.54, 1.807) is 18.0 Å². The summed E-state index contributed by atoms with van der Waals surface area (Å²) >= 11 is 1.81. The Labute approximate surface area is 134 Å². The molecule has 3 rings (SSSR count). The van der Waals surface area contributed by atoms with Crippen LogP contribution in [0.1, 0.15) is 25.3 Å². The average Bonchev–Trinajstić information content (AvgIpc) is 2.56. The molecule has 1 fully saturated rings. The van der Waals surface area contributed by atoms with E-state index >= 15 is 0 Å². The Balaban J connectivity index is 1.86. The fourth-order valence-electron chi connectivity index (χ4n) is 2.90. The van der Waals surface area contributed by atoms with Crippen molar-refractivity contribution in [2.75, 3.05) is 17.6 Å². The largest absolute Gasteiger partial charge is 0.387 e. The minimum atomic E-state index is -0.683. The van der Waals surface area contributed by atoms with E-state index in [2.05, 4.69) is 23.3 Å². The van der Waals surface area contributed by atoms with Gasteiger partial charge in [0, 0.05) is 23.4 Å². The standard InChI is InChI=1S/C17H19N3OS/c1-2-22-15-7-8-17(15,21)11-20-16-12(9-18)10-19-14-6-4-3-5-13(14)16/h3-6,10,15,21H,2,7-8,11H2,1H3,(H,19,20). The normalized spacial score (nSPS) is 23.8. The van der Waals surface area contributed by atoms with E-state index in [0.29, 0.717) is 12.1 Å². The Hall–Kier alpha value is -1.77. The molecule has 1 aromatic heterocycles. The van der Waals surface area contributed by atoms with Gasteiger partial charge >= 0.3 is 0 Å². The Morgan fingerprint density at radius 1 is 1.50 bits per heavy atom. The van der Waals surface area contributed by atoms with Crippen molar-refractivity contribution in [1.29, 1.82) is 5.26 Å². The van der Waals surface area contributed by atoms with Crippen molar-refractivity contribution in [2.24, 2.45) is 0 Å². The molecule has 1 saturated carbocycles. The smallest absolute Gasteiger partial charge is 0.103 e. The average molecular weight is 313 g/mol. The molecule has 0 radical (unpaired) electrons. The summed E-state index contributed by atoms with van der Waals surface area (Å²) in [6, 6.07) is 9.93. The van der Waals surface area contributed by atoms with Crippen molar-refractivity contribution in [3.63, 3.8) is 0 Å². The first-order valence-corrected chi connectivity index (χ1v) is 8.58. The summed E-state index contributed by atoms with van der Waals surface area (Å²) in [5, 5.41) is 24.5. The van der Waals surface area contributed by atoms with E-state index in [1.807, 2.05) is 24.3 Å². The van der Waals surface area contributed by atoms with Gasteiger partial charge in [0.1, 0.15) is 6.07 Å². The summed E-state index contributed by atoms with van der Waals surface area (Å²) in [5.74, 6) is 1.01. The number of nitrogens with one attached hydrogen (secondary N) is 1. The molecule has 0 saturated heterocycles. The van der Waals surface area contributed by atoms with Crippen molar-refractivity contribution >= 4 is 28.4 Å². The topological polar surface area (TPSA) is 68.9 Å². The number of aliphatic hydroxyl groups is 1. The van der Waals surface area contributed by atoms with Crippen LogP contribution in [0.4, 0.5) is 5.69 Å². The molecule has 2 N–H and O–H groups in total. The van der Waals surface area contributed by atoms with Crippen molar-refractivity contribution in [3.8, 4) is 6.07 Å². The highest BCUT2D eigenvalue weighted by Crippen LogP contribution is 2.41. The molecule has 0 bridgehead atoms. The number of nitrogens with zero attached hydrogens (tertiary/aromatic N) is 2. The maximum Gasteiger partial charge on any atom is 0.103 e. The first-order valence-electron chi connectivity index (χ1n) is 7.53. The molecule has 1 aromatic carbocycles. The highest BCUT2D eigenvalue weighted by Gasteiger charge is 2.45. The van der Waals surface area contributed by atoms with Gasteiger partial charge in [0.05, 0.1) is 22.4 Å². The van der Waals surface area contributed by atoms with Crippen LogP contribution < -0.4 is 5.32 Å². The molecule has 1 aliphatic rings. The number of fused-ring (bicyclic) bond motifs is 1. The predicted molar refractivity (Wildman–Crippen MR) is 91.1 cm³/mol. The van der Waals surface area contributed by atoms with Gasteiger partial charge < -0.3 is 10.4 Å². The third-order valence-electron chi connectivity index (χ3n) is 4.27. The Kier molecular flexibility index (Phi) is 4.23. The number of hydrogen-bond donors (Lipinski definition) is 2. The number of thioether (sulfide) groups is 1. The molecule has 22 heavy (non-hydrogen) atoms. The van der Waals surface area contributed by atoms with Crippen molar-refractivity contribution < 1.29 is 5.11 Å². The van der Waals surface area contributed by atoms with Crippen LogP contribution in [-0.4, -0.2) is 33.2 Å². The summed E-state index contributed by atoms with van der Waals surface area (Å²) < 4.78 is 0. The number of rotatable bonds is 5. The van der Waals surface area contributed by atoms with Crippen LogP contribution in [0.15, 0.2) is 30.5 Å². The lowest BCUT2D eigenvalue weighted by Gasteiger charge is -2.45. The molecular weight excluding hydrogens is 294 g/mol. The Morgan fingerprint density at radius 2 is 2.32 bits per heavy atom. The predicted octanol–water partition coefficient (Wildman–Crippen LogP) is 3.16. The number of aromatic nitrogens is 1. The second-order valence-electron chi connectivity index (χ2n) is 5.62. The number of benzene rings is 1. The van der Waals surface area contributed by atoms with Crippen LogP contribution in [-0.2, 0) is 0 Å². The molecule has 2 aromatic rings. The zero-order valence-electron chi connectivity index (χ0n) is 12.5. The van der Waals surface area contributed by atoms with E-state index < -0.39 is 5.60 Å². The maximum absolute atomic E-state index is 10.7. The molecule has 2 atom stereocenters. The van der Waals surface area contributed by atoms with Crippen molar-refractivity contribution in [2.45, 2.75) is 30.6 Å². The van der Waals surface area contributed by atoms with Gasteiger partial charge in [-0.05, 0) is 24.7 Å². The zero-order valence-corrected chi connectivity index (χ0v) is 13.4. The van der Waals surface area contributed by atoms with E-state index in [1.165, 1.54) is 0 Å². The number of nitriles is 1. The molecule has 1 heterocycles. The highest BCUT2D eigenvalue weighted by molar-refractivity contribution is 8.00. The number of hydrogen-bond acceptors (Lipinski definition) is 5. The fourth-order valence-corrected chi connectivity index (χ4v) is 4.09. The van der Waals surface area contributed by atoms with Gasteiger partial charge in [0.2, 0.25) is 0 Å². The van der Waals surface area contributed by atoms with Gasteiger partial charge in [0.15, 0.2) is 0 Å². The van der Waals surface area contributed by atoms with Gasteiger partial charge in [-0.1, -0.05) is 25.1 Å². The lowest BCUT2D eigenvalue weighted by molar-refractivity contribution is -0.0119. The monoisotopic (exact) mass is 313 g/mol. The Bertz CT molecular complexity index is 727. The lowest BCUT2D eigenvalue weighted by Crippen LogP contribution is -2.54. The summed E-state index contributed by atoms with van der Waals surface area (Å²) in [5.41, 5.74) is 1.46. The Morgan fingerprint density at radius 3 is 3.00 bits per heavy atom. The number of para-hydroxylation sites is 1. The summed E-state index contributed by atoms with van der Waals surface area (Å²) in [6.45, 7) is 2.58. The molecule has 5 heteroatoms. The van der Waals surface area contributed by atoms with Crippen molar-refractivity contribution in [3.05, 3.63) is 36.0 Å². The molecule has 0 amide bonds. The van der Waals surface area contributed by atoms with E-state index in [-0.39, 0.29) is 5.25 Å². The summed E-state index contributed by atoms with van der Waals surface area (Å²) in [6.07, 6.45) is 3.45. The van der Waals surface area contributed by atoms with Crippen LogP contribution in [0.5, 0.6) is 0 Å². The highest BCUT2D eigenvalue weighted by atomic mass is 32.2. The molecule has 0 spiro atoms. The second kappa shape index (κ2) is 6.15. The van der Waals surface area contributed by atoms with E-state index in [0.717, 1.165) is 35.2 Å². The van der Waals surface area contributed by atoms with Gasteiger partial charge in [-0.15, -0.1) is 0 Å². The second-order valence-corrected chi connectivity index (χ2v) is 7.10. The number of pyridine rings is 1. The van der Waals surface area contributed by atoms with Crippen molar-refractivity contribution in [1.82, 2.24) is 4.98 Å². The minimum absolute atomic E-state index is 0.281. The van der Waals surface area contributed by atoms with E-state index in [9.17, 15) is 10.4 Å². The molecular formula is C17H19N3OS. The van der Waals surface area contributed by atoms with E-state index in [4.69, 9.17) is 0 Å². The van der Waals surface area contributed by atoms with Gasteiger partial charge in [0.25, 0.3) is 0 Å². The first kappa shape index (κ1) is 15.1. The lowest BCUT2D eigenvalue weighted by atomic mass is 9.79. The quantitative estimate of drug-likeness (QED) is 0.887. The summed E-state index contributed by atoms with van der Waals surface area (Å²) in [7, 11) is 0. The van der Waals surface area contributed by atoms with Crippen LogP contribution in [0.2, 0.25) is 0 Å². The van der Waals surface area contributed by atoms with Crippen LogP contribution >= 0.6 is 11.8 Å².